The molecule has 0 aliphatic carbocycles. The summed E-state index contributed by atoms with van der Waals surface area (Å²) in [6.07, 6.45) is 5.68. The number of amides is 1. The second-order valence-electron chi connectivity index (χ2n) is 4.69. The van der Waals surface area contributed by atoms with Gasteiger partial charge in [-0.3, -0.25) is 9.59 Å². The molecule has 1 amide bonds. The van der Waals surface area contributed by atoms with Crippen LogP contribution in [0.15, 0.2) is 28.9 Å². The van der Waals surface area contributed by atoms with E-state index in [1.807, 2.05) is 13.8 Å². The van der Waals surface area contributed by atoms with Crippen LogP contribution < -0.4 is 0 Å². The third-order valence-corrected chi connectivity index (χ3v) is 3.20. The predicted octanol–water partition coefficient (Wildman–Crippen LogP) is 2.87. The molecule has 1 aromatic rings. The first-order chi connectivity index (χ1) is 10.1. The van der Waals surface area contributed by atoms with Gasteiger partial charge in [-0.2, -0.15) is 0 Å². The maximum Gasteiger partial charge on any atom is 0.307 e. The Bertz CT molecular complexity index is 465. The zero-order chi connectivity index (χ0) is 15.7. The van der Waals surface area contributed by atoms with Crippen molar-refractivity contribution in [1.29, 1.82) is 0 Å². The van der Waals surface area contributed by atoms with Gasteiger partial charge in [0.05, 0.1) is 19.3 Å². The lowest BCUT2D eigenvalue weighted by Crippen LogP contribution is -2.38. The van der Waals surface area contributed by atoms with Gasteiger partial charge in [0.2, 0.25) is 5.91 Å². The lowest BCUT2D eigenvalue weighted by Gasteiger charge is -2.27. The maximum atomic E-state index is 12.3. The zero-order valence-corrected chi connectivity index (χ0v) is 12.9. The molecule has 0 saturated heterocycles. The monoisotopic (exact) mass is 293 g/mol. The van der Waals surface area contributed by atoms with E-state index in [0.717, 1.165) is 6.42 Å². The highest BCUT2D eigenvalue weighted by Crippen LogP contribution is 2.09. The summed E-state index contributed by atoms with van der Waals surface area (Å²) in [5.74, 6) is 0.205. The van der Waals surface area contributed by atoms with E-state index in [0.29, 0.717) is 18.9 Å². The van der Waals surface area contributed by atoms with E-state index in [1.165, 1.54) is 6.08 Å². The summed E-state index contributed by atoms with van der Waals surface area (Å²) in [6, 6.07) is 3.60. The number of rotatable bonds is 8. The molecular weight excluding hydrogens is 270 g/mol. The summed E-state index contributed by atoms with van der Waals surface area (Å²) in [6.45, 7) is 6.45. The first kappa shape index (κ1) is 17.0. The fourth-order valence-electron chi connectivity index (χ4n) is 1.85. The van der Waals surface area contributed by atoms with Crippen molar-refractivity contribution >= 4 is 18.0 Å². The molecular formula is C16H23NO4. The molecule has 1 atom stereocenters. The Labute approximate surface area is 125 Å². The van der Waals surface area contributed by atoms with E-state index in [4.69, 9.17) is 9.15 Å². The Hall–Kier alpha value is -2.04. The summed E-state index contributed by atoms with van der Waals surface area (Å²) in [5.41, 5.74) is 0. The summed E-state index contributed by atoms with van der Waals surface area (Å²) in [7, 11) is 0. The van der Waals surface area contributed by atoms with Gasteiger partial charge in [-0.05, 0) is 38.5 Å². The number of furan rings is 1. The molecule has 0 fully saturated rings. The number of hydrogen-bond acceptors (Lipinski definition) is 4. The first-order valence-electron chi connectivity index (χ1n) is 7.26. The van der Waals surface area contributed by atoms with Crippen molar-refractivity contribution in [2.45, 2.75) is 39.7 Å². The molecule has 0 radical (unpaired) electrons. The van der Waals surface area contributed by atoms with Crippen molar-refractivity contribution in [3.8, 4) is 0 Å². The molecule has 0 aromatic carbocycles. The van der Waals surface area contributed by atoms with E-state index in [-0.39, 0.29) is 24.3 Å². The molecule has 0 aliphatic heterocycles. The number of esters is 1. The van der Waals surface area contributed by atoms with Gasteiger partial charge in [-0.1, -0.05) is 6.92 Å². The van der Waals surface area contributed by atoms with Gasteiger partial charge in [0.25, 0.3) is 0 Å². The SMILES string of the molecule is CCOC(=O)CCN(C(=O)/C=C/c1ccco1)C(C)CC. The predicted molar refractivity (Wildman–Crippen MR) is 80.5 cm³/mol. The highest BCUT2D eigenvalue weighted by molar-refractivity contribution is 5.91. The molecule has 1 aromatic heterocycles. The van der Waals surface area contributed by atoms with Crippen LogP contribution in [-0.2, 0) is 14.3 Å². The van der Waals surface area contributed by atoms with Crippen molar-refractivity contribution in [3.63, 3.8) is 0 Å². The molecule has 116 valence electrons. The molecule has 21 heavy (non-hydrogen) atoms. The minimum atomic E-state index is -0.284. The molecule has 1 rings (SSSR count). The minimum Gasteiger partial charge on any atom is -0.466 e. The fraction of sp³-hybridized carbons (Fsp3) is 0.500. The Morgan fingerprint density at radius 1 is 1.43 bits per heavy atom. The number of carbonyl (C=O) groups excluding carboxylic acids is 2. The van der Waals surface area contributed by atoms with Crippen molar-refractivity contribution < 1.29 is 18.7 Å². The molecule has 1 heterocycles. The van der Waals surface area contributed by atoms with Gasteiger partial charge in [-0.25, -0.2) is 0 Å². The largest absolute Gasteiger partial charge is 0.466 e. The lowest BCUT2D eigenvalue weighted by atomic mass is 10.2. The van der Waals surface area contributed by atoms with Crippen LogP contribution in [0.3, 0.4) is 0 Å². The number of nitrogens with zero attached hydrogens (tertiary/aromatic N) is 1. The molecule has 1 unspecified atom stereocenters. The number of ether oxygens (including phenoxy) is 1. The molecule has 5 nitrogen and oxygen atoms in total. The summed E-state index contributed by atoms with van der Waals surface area (Å²) in [4.78, 5) is 25.4. The fourth-order valence-corrected chi connectivity index (χ4v) is 1.85. The summed E-state index contributed by atoms with van der Waals surface area (Å²) in [5, 5.41) is 0. The Kier molecular flexibility index (Phi) is 7.29. The molecule has 0 aliphatic rings. The minimum absolute atomic E-state index is 0.0631. The van der Waals surface area contributed by atoms with E-state index in [1.54, 1.807) is 36.3 Å². The van der Waals surface area contributed by atoms with Crippen LogP contribution in [0.1, 0.15) is 39.4 Å². The summed E-state index contributed by atoms with van der Waals surface area (Å²) >= 11 is 0. The standard InChI is InChI=1S/C16H23NO4/c1-4-13(3)17(11-10-16(19)20-5-2)15(18)9-8-14-7-6-12-21-14/h6-9,12-13H,4-5,10-11H2,1-3H3/b9-8+. The van der Waals surface area contributed by atoms with Crippen LogP contribution in [0.4, 0.5) is 0 Å². The molecule has 5 heteroatoms. The molecule has 0 saturated carbocycles. The Morgan fingerprint density at radius 2 is 2.19 bits per heavy atom. The molecule has 0 N–H and O–H groups in total. The second kappa shape index (κ2) is 9.00. The lowest BCUT2D eigenvalue weighted by molar-refractivity contribution is -0.144. The van der Waals surface area contributed by atoms with Gasteiger partial charge in [0, 0.05) is 18.7 Å². The summed E-state index contributed by atoms with van der Waals surface area (Å²) < 4.78 is 10.0. The smallest absolute Gasteiger partial charge is 0.307 e. The van der Waals surface area contributed by atoms with Crippen LogP contribution in [0.5, 0.6) is 0 Å². The van der Waals surface area contributed by atoms with Crippen molar-refractivity contribution in [2.24, 2.45) is 0 Å². The quantitative estimate of drug-likeness (QED) is 0.546. The number of carbonyl (C=O) groups is 2. The van der Waals surface area contributed by atoms with E-state index >= 15 is 0 Å². The average molecular weight is 293 g/mol. The normalized spacial score (nSPS) is 12.3. The van der Waals surface area contributed by atoms with Crippen LogP contribution in [0.2, 0.25) is 0 Å². The Morgan fingerprint density at radius 3 is 2.76 bits per heavy atom. The van der Waals surface area contributed by atoms with E-state index < -0.39 is 0 Å². The first-order valence-corrected chi connectivity index (χ1v) is 7.26. The highest BCUT2D eigenvalue weighted by atomic mass is 16.5. The van der Waals surface area contributed by atoms with Gasteiger partial charge in [0.15, 0.2) is 0 Å². The Balaban J connectivity index is 2.63. The zero-order valence-electron chi connectivity index (χ0n) is 12.9. The number of hydrogen-bond donors (Lipinski definition) is 0. The molecule has 0 bridgehead atoms. The average Bonchev–Trinajstić information content (AvgIpc) is 2.98. The molecule has 0 spiro atoms. The van der Waals surface area contributed by atoms with Crippen LogP contribution >= 0.6 is 0 Å². The maximum absolute atomic E-state index is 12.3. The van der Waals surface area contributed by atoms with Crippen LogP contribution in [0.25, 0.3) is 6.08 Å². The second-order valence-corrected chi connectivity index (χ2v) is 4.69. The topological polar surface area (TPSA) is 59.8 Å². The van der Waals surface area contributed by atoms with Crippen LogP contribution in [0, 0.1) is 0 Å². The van der Waals surface area contributed by atoms with Crippen molar-refractivity contribution in [1.82, 2.24) is 4.90 Å². The third kappa shape index (κ3) is 5.85. The highest BCUT2D eigenvalue weighted by Gasteiger charge is 2.18. The van der Waals surface area contributed by atoms with Crippen molar-refractivity contribution in [2.75, 3.05) is 13.2 Å². The van der Waals surface area contributed by atoms with E-state index in [2.05, 4.69) is 0 Å². The van der Waals surface area contributed by atoms with Crippen LogP contribution in [-0.4, -0.2) is 36.0 Å². The van der Waals surface area contributed by atoms with Gasteiger partial charge < -0.3 is 14.1 Å². The van der Waals surface area contributed by atoms with E-state index in [9.17, 15) is 9.59 Å². The van der Waals surface area contributed by atoms with Gasteiger partial charge in [0.1, 0.15) is 5.76 Å². The third-order valence-electron chi connectivity index (χ3n) is 3.20. The van der Waals surface area contributed by atoms with Gasteiger partial charge >= 0.3 is 5.97 Å². The van der Waals surface area contributed by atoms with Gasteiger partial charge in [-0.15, -0.1) is 0 Å². The van der Waals surface area contributed by atoms with Crippen molar-refractivity contribution in [3.05, 3.63) is 30.2 Å².